The van der Waals surface area contributed by atoms with Crippen LogP contribution >= 0.6 is 0 Å². The predicted molar refractivity (Wildman–Crippen MR) is 64.8 cm³/mol. The maximum atomic E-state index is 13.4. The summed E-state index contributed by atoms with van der Waals surface area (Å²) < 4.78 is 39.3. The predicted octanol–water partition coefficient (Wildman–Crippen LogP) is 4.28. The first-order chi connectivity index (χ1) is 8.58. The molecule has 0 spiro atoms. The van der Waals surface area contributed by atoms with E-state index in [-0.39, 0.29) is 11.9 Å². The van der Waals surface area contributed by atoms with Gasteiger partial charge in [-0.1, -0.05) is 18.2 Å². The minimum atomic E-state index is -0.908. The maximum Gasteiger partial charge on any atom is 0.159 e. The van der Waals surface area contributed by atoms with Gasteiger partial charge in [-0.15, -0.1) is 0 Å². The Bertz CT molecular complexity index is 554. The van der Waals surface area contributed by atoms with Crippen molar-refractivity contribution >= 4 is 5.69 Å². The zero-order valence-electron chi connectivity index (χ0n) is 9.75. The van der Waals surface area contributed by atoms with Crippen molar-refractivity contribution in [2.75, 3.05) is 5.32 Å². The van der Waals surface area contributed by atoms with Crippen molar-refractivity contribution in [2.24, 2.45) is 0 Å². The van der Waals surface area contributed by atoms with Gasteiger partial charge in [0.1, 0.15) is 5.82 Å². The zero-order chi connectivity index (χ0) is 13.1. The SMILES string of the molecule is CC(Nc1ccccc1F)c1ccc(F)c(F)c1. The standard InChI is InChI=1S/C14H12F3N/c1-9(10-6-7-11(15)13(17)8-10)18-14-5-3-2-4-12(14)16/h2-9,18H,1H3. The lowest BCUT2D eigenvalue weighted by atomic mass is 10.1. The molecule has 1 atom stereocenters. The van der Waals surface area contributed by atoms with Gasteiger partial charge in [0, 0.05) is 6.04 Å². The van der Waals surface area contributed by atoms with E-state index in [1.54, 1.807) is 25.1 Å². The second-order valence-corrected chi connectivity index (χ2v) is 4.02. The fourth-order valence-corrected chi connectivity index (χ4v) is 1.68. The van der Waals surface area contributed by atoms with E-state index >= 15 is 0 Å². The van der Waals surface area contributed by atoms with Gasteiger partial charge in [0.05, 0.1) is 5.69 Å². The largest absolute Gasteiger partial charge is 0.376 e. The van der Waals surface area contributed by atoms with Crippen LogP contribution in [0, 0.1) is 17.5 Å². The lowest BCUT2D eigenvalue weighted by molar-refractivity contribution is 0.506. The highest BCUT2D eigenvalue weighted by molar-refractivity contribution is 5.46. The van der Waals surface area contributed by atoms with Crippen LogP contribution in [0.2, 0.25) is 0 Å². The first kappa shape index (κ1) is 12.5. The third kappa shape index (κ3) is 2.64. The Hall–Kier alpha value is -1.97. The molecule has 0 amide bonds. The monoisotopic (exact) mass is 251 g/mol. The van der Waals surface area contributed by atoms with E-state index in [1.807, 2.05) is 0 Å². The summed E-state index contributed by atoms with van der Waals surface area (Å²) in [4.78, 5) is 0. The first-order valence-electron chi connectivity index (χ1n) is 5.54. The Labute approximate surface area is 103 Å². The summed E-state index contributed by atoms with van der Waals surface area (Å²) in [6.07, 6.45) is 0. The van der Waals surface area contributed by atoms with Gasteiger partial charge < -0.3 is 5.32 Å². The first-order valence-corrected chi connectivity index (χ1v) is 5.54. The number of benzene rings is 2. The minimum absolute atomic E-state index is 0.322. The molecule has 1 N–H and O–H groups in total. The van der Waals surface area contributed by atoms with Crippen LogP contribution in [0.25, 0.3) is 0 Å². The van der Waals surface area contributed by atoms with Crippen LogP contribution in [0.4, 0.5) is 18.9 Å². The van der Waals surface area contributed by atoms with Gasteiger partial charge in [-0.3, -0.25) is 0 Å². The summed E-state index contributed by atoms with van der Waals surface area (Å²) in [6.45, 7) is 1.75. The van der Waals surface area contributed by atoms with Crippen molar-refractivity contribution < 1.29 is 13.2 Å². The normalized spacial score (nSPS) is 12.2. The summed E-state index contributed by atoms with van der Waals surface area (Å²) in [5.41, 5.74) is 0.881. The van der Waals surface area contributed by atoms with E-state index in [2.05, 4.69) is 5.32 Å². The van der Waals surface area contributed by atoms with Crippen LogP contribution < -0.4 is 5.32 Å². The molecule has 0 saturated carbocycles. The van der Waals surface area contributed by atoms with Crippen LogP contribution in [0.5, 0.6) is 0 Å². The number of para-hydroxylation sites is 1. The Balaban J connectivity index is 2.19. The summed E-state index contributed by atoms with van der Waals surface area (Å²) >= 11 is 0. The third-order valence-corrected chi connectivity index (χ3v) is 2.69. The molecule has 0 aliphatic heterocycles. The van der Waals surface area contributed by atoms with Gasteiger partial charge in [0.15, 0.2) is 11.6 Å². The molecule has 0 radical (unpaired) electrons. The molecule has 0 aliphatic carbocycles. The summed E-state index contributed by atoms with van der Waals surface area (Å²) in [7, 11) is 0. The molecular formula is C14H12F3N. The highest BCUT2D eigenvalue weighted by atomic mass is 19.2. The van der Waals surface area contributed by atoms with E-state index in [1.165, 1.54) is 12.1 Å². The molecule has 2 aromatic carbocycles. The molecule has 1 nitrogen and oxygen atoms in total. The summed E-state index contributed by atoms with van der Waals surface area (Å²) in [5, 5.41) is 2.91. The van der Waals surface area contributed by atoms with Crippen molar-refractivity contribution in [1.29, 1.82) is 0 Å². The molecule has 4 heteroatoms. The molecule has 1 unspecified atom stereocenters. The highest BCUT2D eigenvalue weighted by Gasteiger charge is 2.10. The average Bonchev–Trinajstić information content (AvgIpc) is 2.35. The second-order valence-electron chi connectivity index (χ2n) is 4.02. The number of rotatable bonds is 3. The maximum absolute atomic E-state index is 13.4. The lowest BCUT2D eigenvalue weighted by Crippen LogP contribution is -2.08. The molecule has 0 fully saturated rings. The van der Waals surface area contributed by atoms with Crippen molar-refractivity contribution in [1.82, 2.24) is 0 Å². The van der Waals surface area contributed by atoms with E-state index in [4.69, 9.17) is 0 Å². The molecule has 0 aromatic heterocycles. The average molecular weight is 251 g/mol. The number of nitrogens with one attached hydrogen (secondary N) is 1. The van der Waals surface area contributed by atoms with E-state index < -0.39 is 11.6 Å². The van der Waals surface area contributed by atoms with E-state index in [0.717, 1.165) is 12.1 Å². The third-order valence-electron chi connectivity index (χ3n) is 2.69. The van der Waals surface area contributed by atoms with E-state index in [0.29, 0.717) is 11.3 Å². The molecule has 0 heterocycles. The molecule has 0 aliphatic rings. The van der Waals surface area contributed by atoms with Gasteiger partial charge >= 0.3 is 0 Å². The van der Waals surface area contributed by atoms with Gasteiger partial charge in [-0.2, -0.15) is 0 Å². The molecule has 18 heavy (non-hydrogen) atoms. The van der Waals surface area contributed by atoms with Crippen molar-refractivity contribution in [2.45, 2.75) is 13.0 Å². The van der Waals surface area contributed by atoms with Crippen LogP contribution in [0.1, 0.15) is 18.5 Å². The van der Waals surface area contributed by atoms with Crippen LogP contribution in [0.3, 0.4) is 0 Å². The molecule has 0 bridgehead atoms. The van der Waals surface area contributed by atoms with Crippen molar-refractivity contribution in [3.05, 3.63) is 65.5 Å². The summed E-state index contributed by atoms with van der Waals surface area (Å²) in [5.74, 6) is -2.18. The minimum Gasteiger partial charge on any atom is -0.376 e. The number of hydrogen-bond acceptors (Lipinski definition) is 1. The van der Waals surface area contributed by atoms with Crippen molar-refractivity contribution in [3.8, 4) is 0 Å². The smallest absolute Gasteiger partial charge is 0.159 e. The molecule has 2 aromatic rings. The van der Waals surface area contributed by atoms with Gasteiger partial charge in [-0.25, -0.2) is 13.2 Å². The lowest BCUT2D eigenvalue weighted by Gasteiger charge is -2.16. The van der Waals surface area contributed by atoms with Gasteiger partial charge in [0.2, 0.25) is 0 Å². The number of halogens is 3. The topological polar surface area (TPSA) is 12.0 Å². The molecule has 2 rings (SSSR count). The quantitative estimate of drug-likeness (QED) is 0.858. The Kier molecular flexibility index (Phi) is 3.55. The molecule has 0 saturated heterocycles. The number of anilines is 1. The van der Waals surface area contributed by atoms with Crippen LogP contribution in [-0.2, 0) is 0 Å². The Morgan fingerprint density at radius 1 is 0.889 bits per heavy atom. The van der Waals surface area contributed by atoms with E-state index in [9.17, 15) is 13.2 Å². The molecular weight excluding hydrogens is 239 g/mol. The Morgan fingerprint density at radius 2 is 1.61 bits per heavy atom. The van der Waals surface area contributed by atoms with Gasteiger partial charge in [0.25, 0.3) is 0 Å². The summed E-state index contributed by atoms with van der Waals surface area (Å²) in [6, 6.07) is 9.52. The van der Waals surface area contributed by atoms with Crippen LogP contribution in [0.15, 0.2) is 42.5 Å². The van der Waals surface area contributed by atoms with Crippen LogP contribution in [-0.4, -0.2) is 0 Å². The second kappa shape index (κ2) is 5.12. The van der Waals surface area contributed by atoms with Crippen molar-refractivity contribution in [3.63, 3.8) is 0 Å². The van der Waals surface area contributed by atoms with Gasteiger partial charge in [-0.05, 0) is 36.8 Å². The fraction of sp³-hybridized carbons (Fsp3) is 0.143. The highest BCUT2D eigenvalue weighted by Crippen LogP contribution is 2.22. The molecule has 94 valence electrons. The zero-order valence-corrected chi connectivity index (χ0v) is 9.75. The fourth-order valence-electron chi connectivity index (χ4n) is 1.68. The number of hydrogen-bond donors (Lipinski definition) is 1. The Morgan fingerprint density at radius 3 is 2.28 bits per heavy atom.